The van der Waals surface area contributed by atoms with Crippen LogP contribution in [-0.2, 0) is 4.79 Å². The summed E-state index contributed by atoms with van der Waals surface area (Å²) in [6.07, 6.45) is 4.76. The summed E-state index contributed by atoms with van der Waals surface area (Å²) in [6, 6.07) is 0. The van der Waals surface area contributed by atoms with E-state index in [0.29, 0.717) is 12.5 Å². The molecule has 2 aliphatic carbocycles. The Hall–Kier alpha value is -0.530. The van der Waals surface area contributed by atoms with Gasteiger partial charge in [-0.3, -0.25) is 9.79 Å². The highest BCUT2D eigenvalue weighted by atomic mass is 127. The fourth-order valence-electron chi connectivity index (χ4n) is 1.72. The third-order valence-corrected chi connectivity index (χ3v) is 3.21. The largest absolute Gasteiger partial charge is 0.357 e. The Morgan fingerprint density at radius 2 is 1.79 bits per heavy atom. The van der Waals surface area contributed by atoms with Gasteiger partial charge in [-0.15, -0.1) is 24.0 Å². The number of nitrogens with zero attached hydrogens (tertiary/aromatic N) is 1. The van der Waals surface area contributed by atoms with Gasteiger partial charge in [-0.2, -0.15) is 0 Å². The maximum atomic E-state index is 11.4. The number of carbonyl (C=O) groups is 1. The van der Waals surface area contributed by atoms with E-state index in [-0.39, 0.29) is 29.9 Å². The van der Waals surface area contributed by atoms with E-state index in [1.807, 2.05) is 0 Å². The Morgan fingerprint density at radius 3 is 2.37 bits per heavy atom. The van der Waals surface area contributed by atoms with Gasteiger partial charge in [0.25, 0.3) is 0 Å². The Balaban J connectivity index is 0.00000180. The molecule has 2 aliphatic rings. The molecule has 2 fully saturated rings. The molecule has 0 aromatic rings. The summed E-state index contributed by atoms with van der Waals surface area (Å²) in [6.45, 7) is 5.25. The SMILES string of the molecule is CCNC(=NCC1CC1)NCCNC(=O)C1CC1.I. The van der Waals surface area contributed by atoms with Crippen molar-refractivity contribution < 1.29 is 4.79 Å². The molecule has 0 saturated heterocycles. The Kier molecular flexibility index (Phi) is 7.48. The van der Waals surface area contributed by atoms with Gasteiger partial charge in [-0.25, -0.2) is 0 Å². The lowest BCUT2D eigenvalue weighted by atomic mass is 10.4. The van der Waals surface area contributed by atoms with Crippen LogP contribution in [0.4, 0.5) is 0 Å². The van der Waals surface area contributed by atoms with Gasteiger partial charge in [0.2, 0.25) is 5.91 Å². The first kappa shape index (κ1) is 16.5. The van der Waals surface area contributed by atoms with Crippen molar-refractivity contribution in [3.63, 3.8) is 0 Å². The molecule has 0 radical (unpaired) electrons. The third-order valence-electron chi connectivity index (χ3n) is 3.21. The van der Waals surface area contributed by atoms with E-state index in [9.17, 15) is 4.79 Å². The first-order valence-corrected chi connectivity index (χ1v) is 7.09. The summed E-state index contributed by atoms with van der Waals surface area (Å²) in [7, 11) is 0. The summed E-state index contributed by atoms with van der Waals surface area (Å²) in [5, 5.41) is 9.39. The summed E-state index contributed by atoms with van der Waals surface area (Å²) in [4.78, 5) is 15.9. The topological polar surface area (TPSA) is 65.5 Å². The van der Waals surface area contributed by atoms with E-state index < -0.39 is 0 Å². The van der Waals surface area contributed by atoms with Gasteiger partial charge < -0.3 is 16.0 Å². The number of aliphatic imine (C=N–C) groups is 1. The molecule has 5 nitrogen and oxygen atoms in total. The zero-order valence-corrected chi connectivity index (χ0v) is 13.9. The molecule has 1 amide bonds. The van der Waals surface area contributed by atoms with E-state index in [0.717, 1.165) is 44.4 Å². The molecule has 0 unspecified atom stereocenters. The Bertz CT molecular complexity index is 314. The lowest BCUT2D eigenvalue weighted by Gasteiger charge is -2.11. The van der Waals surface area contributed by atoms with Gasteiger partial charge in [0.15, 0.2) is 5.96 Å². The maximum Gasteiger partial charge on any atom is 0.223 e. The molecule has 0 bridgehead atoms. The van der Waals surface area contributed by atoms with Gasteiger partial charge in [0.1, 0.15) is 0 Å². The van der Waals surface area contributed by atoms with E-state index in [2.05, 4.69) is 27.9 Å². The molecule has 0 heterocycles. The average Bonchev–Trinajstić information content (AvgIpc) is 3.23. The molecule has 3 N–H and O–H groups in total. The second kappa shape index (κ2) is 8.60. The maximum absolute atomic E-state index is 11.4. The summed E-state index contributed by atoms with van der Waals surface area (Å²) < 4.78 is 0. The molecule has 6 heteroatoms. The first-order chi connectivity index (χ1) is 8.79. The van der Waals surface area contributed by atoms with Crippen LogP contribution < -0.4 is 16.0 Å². The van der Waals surface area contributed by atoms with Gasteiger partial charge in [0.05, 0.1) is 0 Å². The second-order valence-corrected chi connectivity index (χ2v) is 5.16. The summed E-state index contributed by atoms with van der Waals surface area (Å²) >= 11 is 0. The predicted octanol–water partition coefficient (Wildman–Crippen LogP) is 1.10. The van der Waals surface area contributed by atoms with Crippen LogP contribution in [0.1, 0.15) is 32.6 Å². The van der Waals surface area contributed by atoms with E-state index in [4.69, 9.17) is 0 Å². The minimum Gasteiger partial charge on any atom is -0.357 e. The number of nitrogens with one attached hydrogen (secondary N) is 3. The summed E-state index contributed by atoms with van der Waals surface area (Å²) in [5.41, 5.74) is 0. The number of guanidine groups is 1. The highest BCUT2D eigenvalue weighted by Crippen LogP contribution is 2.29. The van der Waals surface area contributed by atoms with Crippen molar-refractivity contribution in [3.8, 4) is 0 Å². The summed E-state index contributed by atoms with van der Waals surface area (Å²) in [5.74, 6) is 2.17. The molecule has 0 spiro atoms. The Morgan fingerprint density at radius 1 is 1.11 bits per heavy atom. The zero-order valence-electron chi connectivity index (χ0n) is 11.6. The van der Waals surface area contributed by atoms with Crippen molar-refractivity contribution in [2.45, 2.75) is 32.6 Å². The molecule has 0 aliphatic heterocycles. The van der Waals surface area contributed by atoms with Gasteiger partial charge in [0, 0.05) is 32.1 Å². The van der Waals surface area contributed by atoms with Crippen LogP contribution in [0.5, 0.6) is 0 Å². The third kappa shape index (κ3) is 6.98. The number of hydrogen-bond acceptors (Lipinski definition) is 2. The van der Waals surface area contributed by atoms with E-state index in [1.165, 1.54) is 12.8 Å². The van der Waals surface area contributed by atoms with Crippen LogP contribution in [0.25, 0.3) is 0 Å². The lowest BCUT2D eigenvalue weighted by molar-refractivity contribution is -0.122. The van der Waals surface area contributed by atoms with Crippen LogP contribution in [0.2, 0.25) is 0 Å². The fraction of sp³-hybridized carbons (Fsp3) is 0.846. The second-order valence-electron chi connectivity index (χ2n) is 5.16. The molecule has 19 heavy (non-hydrogen) atoms. The lowest BCUT2D eigenvalue weighted by Crippen LogP contribution is -2.41. The molecular formula is C13H25IN4O. The van der Waals surface area contributed by atoms with Crippen LogP contribution >= 0.6 is 24.0 Å². The van der Waals surface area contributed by atoms with Crippen molar-refractivity contribution in [1.82, 2.24) is 16.0 Å². The van der Waals surface area contributed by atoms with E-state index >= 15 is 0 Å². The van der Waals surface area contributed by atoms with Crippen LogP contribution in [0.15, 0.2) is 4.99 Å². The first-order valence-electron chi connectivity index (χ1n) is 7.09. The smallest absolute Gasteiger partial charge is 0.223 e. The van der Waals surface area contributed by atoms with Crippen LogP contribution in [0.3, 0.4) is 0 Å². The number of hydrogen-bond donors (Lipinski definition) is 3. The van der Waals surface area contributed by atoms with Gasteiger partial charge >= 0.3 is 0 Å². The minimum absolute atomic E-state index is 0. The Labute approximate surface area is 132 Å². The standard InChI is InChI=1S/C13H24N4O.HI/c1-2-14-13(17-9-10-3-4-10)16-8-7-15-12(18)11-5-6-11;/h10-11H,2-9H2,1H3,(H,15,18)(H2,14,16,17);1H. The number of amides is 1. The molecule has 110 valence electrons. The minimum atomic E-state index is 0. The van der Waals surface area contributed by atoms with Crippen molar-refractivity contribution in [1.29, 1.82) is 0 Å². The van der Waals surface area contributed by atoms with Crippen LogP contribution in [-0.4, -0.2) is 38.0 Å². The molecule has 0 atom stereocenters. The molecule has 2 rings (SSSR count). The van der Waals surface area contributed by atoms with Crippen LogP contribution in [0, 0.1) is 11.8 Å². The molecule has 0 aromatic heterocycles. The highest BCUT2D eigenvalue weighted by molar-refractivity contribution is 14.0. The average molecular weight is 380 g/mol. The van der Waals surface area contributed by atoms with E-state index in [1.54, 1.807) is 0 Å². The zero-order chi connectivity index (χ0) is 12.8. The van der Waals surface area contributed by atoms with Crippen molar-refractivity contribution in [2.24, 2.45) is 16.8 Å². The normalized spacial score (nSPS) is 18.5. The number of carbonyl (C=O) groups excluding carboxylic acids is 1. The monoisotopic (exact) mass is 380 g/mol. The predicted molar refractivity (Wildman–Crippen MR) is 87.9 cm³/mol. The number of halogens is 1. The molecule has 2 saturated carbocycles. The highest BCUT2D eigenvalue weighted by Gasteiger charge is 2.28. The molecule has 0 aromatic carbocycles. The fourth-order valence-corrected chi connectivity index (χ4v) is 1.72. The molecular weight excluding hydrogens is 355 g/mol. The quantitative estimate of drug-likeness (QED) is 0.268. The van der Waals surface area contributed by atoms with Crippen molar-refractivity contribution in [3.05, 3.63) is 0 Å². The van der Waals surface area contributed by atoms with Gasteiger partial charge in [-0.05, 0) is 38.5 Å². The van der Waals surface area contributed by atoms with Crippen molar-refractivity contribution in [2.75, 3.05) is 26.2 Å². The van der Waals surface area contributed by atoms with Crippen molar-refractivity contribution >= 4 is 35.8 Å². The van der Waals surface area contributed by atoms with Gasteiger partial charge in [-0.1, -0.05) is 0 Å². The number of rotatable bonds is 7.